The zero-order valence-corrected chi connectivity index (χ0v) is 10.3. The van der Waals surface area contributed by atoms with Gasteiger partial charge < -0.3 is 5.71 Å². The monoisotopic (exact) mass is 187 g/mol. The Balaban J connectivity index is 0. The van der Waals surface area contributed by atoms with Crippen LogP contribution in [-0.2, 0) is 36.5 Å². The number of rotatable bonds is 0. The predicted molar refractivity (Wildman–Crippen MR) is 16.0 cm³/mol. The Hall–Kier alpha value is 3.17. The van der Waals surface area contributed by atoms with Crippen molar-refractivity contribution in [1.29, 1.82) is 0 Å². The molecule has 0 bridgehead atoms. The van der Waals surface area contributed by atoms with Gasteiger partial charge in [0.1, 0.15) is 0 Å². The smallest absolute Gasteiger partial charge is 1.00 e. The van der Waals surface area contributed by atoms with E-state index in [2.05, 4.69) is 0 Å². The summed E-state index contributed by atoms with van der Waals surface area (Å²) in [5, 5.41) is 0. The molecule has 17 valence electrons. The van der Waals surface area contributed by atoms with Crippen LogP contribution in [0.3, 0.4) is 0 Å². The molecule has 0 amide bonds. The molecule has 4 heteroatoms. The topological polar surface area (TPSA) is 0 Å². The van der Waals surface area contributed by atoms with Gasteiger partial charge in [-0.25, -0.2) is 0 Å². The summed E-state index contributed by atoms with van der Waals surface area (Å²) in [5.41, 5.74) is 0. The average Bonchev–Trinajstić information content (AvgIpc) is 0. The molecule has 0 unspecified atom stereocenters. The van der Waals surface area contributed by atoms with E-state index in [1.807, 2.05) is 0 Å². The molecule has 0 saturated carbocycles. The number of hydrogen-bond acceptors (Lipinski definition) is 0. The SMILES string of the molecule is [Ca+2].[H-].[H-].[H-].[H-].[Mg+2].[Mn].[Zn]. The second-order valence-electron chi connectivity index (χ2n) is 0. The van der Waals surface area contributed by atoms with Crippen LogP contribution in [0.25, 0.3) is 0 Å². The standard InChI is InChI=1S/Ca.Mg.Mn.Zn.4H/q2*+2;;;4*-1. The van der Waals surface area contributed by atoms with E-state index in [9.17, 15) is 0 Å². The molecule has 0 aromatic carbocycles. The quantitative estimate of drug-likeness (QED) is 0.458. The summed E-state index contributed by atoms with van der Waals surface area (Å²) in [6.07, 6.45) is 0. The van der Waals surface area contributed by atoms with Gasteiger partial charge >= 0.3 is 60.8 Å². The third-order valence-corrected chi connectivity index (χ3v) is 0. The molecule has 0 spiro atoms. The van der Waals surface area contributed by atoms with Gasteiger partial charge in [0.15, 0.2) is 0 Å². The molecule has 0 aromatic heterocycles. The summed E-state index contributed by atoms with van der Waals surface area (Å²) in [6.45, 7) is 0. The fourth-order valence-corrected chi connectivity index (χ4v) is 0. The summed E-state index contributed by atoms with van der Waals surface area (Å²) < 4.78 is 0. The van der Waals surface area contributed by atoms with Crippen molar-refractivity contribution in [2.75, 3.05) is 0 Å². The largest absolute Gasteiger partial charge is 2.00 e. The first-order valence-corrected chi connectivity index (χ1v) is 0. The Morgan fingerprint density at radius 3 is 1.25 bits per heavy atom. The molecule has 0 fully saturated rings. The third-order valence-electron chi connectivity index (χ3n) is 0. The van der Waals surface area contributed by atoms with Gasteiger partial charge in [0.05, 0.1) is 0 Å². The molecule has 4 heavy (non-hydrogen) atoms. The summed E-state index contributed by atoms with van der Waals surface area (Å²) in [6, 6.07) is 0. The Bertz CT molecular complexity index is 16.0. The first-order chi connectivity index (χ1) is 0. The summed E-state index contributed by atoms with van der Waals surface area (Å²) >= 11 is 0. The molecule has 0 saturated heterocycles. The van der Waals surface area contributed by atoms with Crippen molar-refractivity contribution in [2.24, 2.45) is 0 Å². The van der Waals surface area contributed by atoms with Gasteiger partial charge in [-0.3, -0.25) is 0 Å². The fourth-order valence-electron chi connectivity index (χ4n) is 0. The van der Waals surface area contributed by atoms with Gasteiger partial charge in [0.2, 0.25) is 0 Å². The maximum absolute atomic E-state index is 0. The fraction of sp³-hybridized carbons (Fsp3) is 0. The van der Waals surface area contributed by atoms with Gasteiger partial charge in [0, 0.05) is 36.5 Å². The maximum atomic E-state index is 0. The second-order valence-corrected chi connectivity index (χ2v) is 0. The van der Waals surface area contributed by atoms with Crippen molar-refractivity contribution >= 4 is 60.8 Å². The first-order valence-electron chi connectivity index (χ1n) is 0. The molecule has 0 rings (SSSR count). The van der Waals surface area contributed by atoms with Crippen molar-refractivity contribution in [3.8, 4) is 0 Å². The van der Waals surface area contributed by atoms with Gasteiger partial charge in [-0.15, -0.1) is 0 Å². The van der Waals surface area contributed by atoms with E-state index in [4.69, 9.17) is 0 Å². The molecule has 0 N–H and O–H groups in total. The van der Waals surface area contributed by atoms with E-state index in [0.29, 0.717) is 0 Å². The van der Waals surface area contributed by atoms with E-state index < -0.39 is 0 Å². The minimum atomic E-state index is 0. The molecule has 0 atom stereocenters. The average molecular weight is 189 g/mol. The molecular formula is H4CaMgMnZn. The van der Waals surface area contributed by atoms with E-state index in [-0.39, 0.29) is 103 Å². The van der Waals surface area contributed by atoms with Crippen molar-refractivity contribution < 1.29 is 42.3 Å². The van der Waals surface area contributed by atoms with Crippen molar-refractivity contribution in [3.05, 3.63) is 0 Å². The van der Waals surface area contributed by atoms with Crippen molar-refractivity contribution in [2.45, 2.75) is 0 Å². The molecule has 0 aliphatic rings. The van der Waals surface area contributed by atoms with Crippen molar-refractivity contribution in [1.82, 2.24) is 0 Å². The molecule has 0 heterocycles. The summed E-state index contributed by atoms with van der Waals surface area (Å²) in [5.74, 6) is 0. The van der Waals surface area contributed by atoms with Crippen LogP contribution in [0.4, 0.5) is 0 Å². The van der Waals surface area contributed by atoms with Crippen molar-refractivity contribution in [3.63, 3.8) is 0 Å². The second kappa shape index (κ2) is 16.4. The van der Waals surface area contributed by atoms with Crippen LogP contribution in [0.1, 0.15) is 5.71 Å². The number of hydrogen-bond donors (Lipinski definition) is 0. The summed E-state index contributed by atoms with van der Waals surface area (Å²) in [7, 11) is 0. The van der Waals surface area contributed by atoms with Crippen LogP contribution >= 0.6 is 0 Å². The Labute approximate surface area is 101 Å². The molecular weight excluding hydrogens is 185 g/mol. The minimum Gasteiger partial charge on any atom is -1.00 e. The van der Waals surface area contributed by atoms with E-state index in [0.717, 1.165) is 0 Å². The zero-order valence-electron chi connectivity index (χ0n) is 6.50. The Kier molecular flexibility index (Phi) is 111. The van der Waals surface area contributed by atoms with Crippen LogP contribution in [0, 0.1) is 0 Å². The van der Waals surface area contributed by atoms with Gasteiger partial charge in [-0.1, -0.05) is 0 Å². The van der Waals surface area contributed by atoms with E-state index in [1.165, 1.54) is 0 Å². The molecule has 0 aliphatic heterocycles. The third kappa shape index (κ3) is 8.95. The normalized spacial score (nSPS) is 0. The van der Waals surface area contributed by atoms with Crippen LogP contribution in [0.15, 0.2) is 0 Å². The van der Waals surface area contributed by atoms with E-state index >= 15 is 0 Å². The molecule has 0 aromatic rings. The molecule has 0 nitrogen and oxygen atoms in total. The van der Waals surface area contributed by atoms with Gasteiger partial charge in [-0.05, 0) is 0 Å². The Morgan fingerprint density at radius 2 is 1.25 bits per heavy atom. The van der Waals surface area contributed by atoms with Crippen LogP contribution in [-0.4, -0.2) is 60.8 Å². The first kappa shape index (κ1) is 27.2. The van der Waals surface area contributed by atoms with Gasteiger partial charge in [-0.2, -0.15) is 0 Å². The predicted octanol–water partition coefficient (Wildman–Crippen LogP) is -0.317. The maximum Gasteiger partial charge on any atom is 2.00 e. The van der Waals surface area contributed by atoms with Gasteiger partial charge in [0.25, 0.3) is 0 Å². The van der Waals surface area contributed by atoms with E-state index in [1.54, 1.807) is 0 Å². The zero-order chi connectivity index (χ0) is 0. The Morgan fingerprint density at radius 1 is 1.25 bits per heavy atom. The summed E-state index contributed by atoms with van der Waals surface area (Å²) in [4.78, 5) is 0. The van der Waals surface area contributed by atoms with Crippen LogP contribution < -0.4 is 0 Å². The molecule has 1 radical (unpaired) electrons. The van der Waals surface area contributed by atoms with Crippen LogP contribution in [0.2, 0.25) is 0 Å². The molecule has 0 aliphatic carbocycles. The minimum absolute atomic E-state index is 0. The van der Waals surface area contributed by atoms with Crippen LogP contribution in [0.5, 0.6) is 0 Å².